The van der Waals surface area contributed by atoms with Crippen molar-refractivity contribution >= 4 is 77.1 Å². The number of benzene rings is 4. The van der Waals surface area contributed by atoms with Crippen molar-refractivity contribution in [1.29, 1.82) is 0 Å². The first kappa shape index (κ1) is 23.3. The summed E-state index contributed by atoms with van der Waals surface area (Å²) in [6, 6.07) is 30.8. The molecule has 0 saturated heterocycles. The van der Waals surface area contributed by atoms with Crippen LogP contribution in [0, 0.1) is 0 Å². The fourth-order valence-corrected chi connectivity index (χ4v) is 7.16. The normalized spacial score (nSPS) is 11.6. The third kappa shape index (κ3) is 5.28. The summed E-state index contributed by atoms with van der Waals surface area (Å²) in [5.74, 6) is 0.178. The smallest absolute Gasteiger partial charge is 0.152 e. The van der Waals surface area contributed by atoms with Crippen LogP contribution in [0.2, 0.25) is 0 Å². The van der Waals surface area contributed by atoms with E-state index in [2.05, 4.69) is 91.4 Å². The molecule has 0 amide bonds. The molecule has 0 saturated carbocycles. The van der Waals surface area contributed by atoms with Crippen molar-refractivity contribution in [3.8, 4) is 5.75 Å². The van der Waals surface area contributed by atoms with Crippen LogP contribution in [-0.2, 0) is 0 Å². The lowest BCUT2D eigenvalue weighted by atomic mass is 10.0. The average Bonchev–Trinajstić information content (AvgIpc) is 3.27. The van der Waals surface area contributed by atoms with E-state index in [9.17, 15) is 5.11 Å². The maximum Gasteiger partial charge on any atom is 0.152 e. The van der Waals surface area contributed by atoms with Gasteiger partial charge in [0, 0.05) is 6.21 Å². The third-order valence-electron chi connectivity index (χ3n) is 5.18. The highest BCUT2D eigenvalue weighted by Gasteiger charge is 2.18. The van der Waals surface area contributed by atoms with E-state index in [0.717, 1.165) is 25.8 Å². The minimum atomic E-state index is 0.173. The zero-order valence-corrected chi connectivity index (χ0v) is 22.5. The molecule has 0 aliphatic heterocycles. The van der Waals surface area contributed by atoms with Gasteiger partial charge in [0.2, 0.25) is 0 Å². The summed E-state index contributed by atoms with van der Waals surface area (Å²) in [5.41, 5.74) is 5.23. The van der Waals surface area contributed by atoms with Crippen molar-refractivity contribution in [3.63, 3.8) is 0 Å². The van der Waals surface area contributed by atoms with Crippen molar-refractivity contribution in [3.05, 3.63) is 117 Å². The number of phenolic OH excluding ortho intramolecular Hbond substituents is 1. The fourth-order valence-electron chi connectivity index (χ4n) is 3.52. The molecule has 5 rings (SSSR count). The van der Waals surface area contributed by atoms with Crippen molar-refractivity contribution in [2.24, 2.45) is 4.99 Å². The molecule has 0 fully saturated rings. The van der Waals surface area contributed by atoms with Gasteiger partial charge in [0.1, 0.15) is 5.75 Å². The van der Waals surface area contributed by atoms with Gasteiger partial charge in [0.25, 0.3) is 0 Å². The SMILES string of the molecule is Oc1c(Br)cc(C=Nc2ccc3nc(SC(c4ccccc4)c4ccccc4)sc3c2)cc1Br. The van der Waals surface area contributed by atoms with Crippen molar-refractivity contribution in [1.82, 2.24) is 4.98 Å². The van der Waals surface area contributed by atoms with Crippen molar-refractivity contribution in [2.45, 2.75) is 9.59 Å². The van der Waals surface area contributed by atoms with Gasteiger partial charge < -0.3 is 5.11 Å². The number of nitrogens with zero attached hydrogens (tertiary/aromatic N) is 2. The Kier molecular flexibility index (Phi) is 7.15. The molecule has 7 heteroatoms. The Labute approximate surface area is 222 Å². The number of aliphatic imine (C=N–C) groups is 1. The van der Waals surface area contributed by atoms with Crippen molar-refractivity contribution in [2.75, 3.05) is 0 Å². The van der Waals surface area contributed by atoms with Gasteiger partial charge in [-0.25, -0.2) is 4.98 Å². The first-order valence-electron chi connectivity index (χ1n) is 10.5. The van der Waals surface area contributed by atoms with Gasteiger partial charge in [-0.05, 0) is 78.9 Å². The molecule has 0 aliphatic rings. The molecule has 1 aromatic heterocycles. The number of phenols is 1. The van der Waals surface area contributed by atoms with E-state index < -0.39 is 0 Å². The molecule has 1 heterocycles. The van der Waals surface area contributed by atoms with Crippen LogP contribution in [0.1, 0.15) is 21.9 Å². The first-order chi connectivity index (χ1) is 16.6. The number of rotatable bonds is 6. The lowest BCUT2D eigenvalue weighted by Crippen LogP contribution is -1.96. The number of thioether (sulfide) groups is 1. The van der Waals surface area contributed by atoms with Crippen LogP contribution in [0.5, 0.6) is 5.75 Å². The second-order valence-electron chi connectivity index (χ2n) is 7.54. The van der Waals surface area contributed by atoms with Crippen LogP contribution < -0.4 is 0 Å². The molecule has 4 aromatic carbocycles. The minimum absolute atomic E-state index is 0.173. The van der Waals surface area contributed by atoms with Gasteiger partial charge in [-0.1, -0.05) is 72.4 Å². The van der Waals surface area contributed by atoms with Crippen LogP contribution in [0.15, 0.2) is 109 Å². The molecule has 0 bridgehead atoms. The summed E-state index contributed by atoms with van der Waals surface area (Å²) in [6.45, 7) is 0. The summed E-state index contributed by atoms with van der Waals surface area (Å²) in [4.78, 5) is 9.51. The average molecular weight is 610 g/mol. The minimum Gasteiger partial charge on any atom is -0.506 e. The van der Waals surface area contributed by atoms with E-state index >= 15 is 0 Å². The maximum atomic E-state index is 9.90. The Morgan fingerprint density at radius 2 is 1.47 bits per heavy atom. The summed E-state index contributed by atoms with van der Waals surface area (Å²) in [5, 5.41) is 10.1. The van der Waals surface area contributed by atoms with Crippen molar-refractivity contribution < 1.29 is 5.11 Å². The van der Waals surface area contributed by atoms with E-state index in [0.29, 0.717) is 8.95 Å². The highest BCUT2D eigenvalue weighted by atomic mass is 79.9. The third-order valence-corrected chi connectivity index (χ3v) is 8.81. The molecule has 34 heavy (non-hydrogen) atoms. The van der Waals surface area contributed by atoms with Crippen LogP contribution in [-0.4, -0.2) is 16.3 Å². The molecule has 0 aliphatic carbocycles. The monoisotopic (exact) mass is 608 g/mol. The van der Waals surface area contributed by atoms with Crippen LogP contribution in [0.4, 0.5) is 5.69 Å². The van der Waals surface area contributed by atoms with Gasteiger partial charge in [0.15, 0.2) is 4.34 Å². The lowest BCUT2D eigenvalue weighted by Gasteiger charge is -2.16. The van der Waals surface area contributed by atoms with E-state index in [4.69, 9.17) is 4.98 Å². The summed E-state index contributed by atoms with van der Waals surface area (Å²) in [6.07, 6.45) is 1.79. The molecule has 5 aromatic rings. The number of thiazole rings is 1. The molecule has 0 atom stereocenters. The van der Waals surface area contributed by atoms with Crippen LogP contribution >= 0.6 is 55.0 Å². The van der Waals surface area contributed by atoms with Gasteiger partial charge in [-0.15, -0.1) is 11.3 Å². The Bertz CT molecular complexity index is 1410. The fraction of sp³-hybridized carbons (Fsp3) is 0.0370. The number of aromatic nitrogens is 1. The van der Waals surface area contributed by atoms with E-state index in [-0.39, 0.29) is 11.0 Å². The Balaban J connectivity index is 1.42. The second-order valence-corrected chi connectivity index (χ2v) is 11.6. The standard InChI is InChI=1S/C27H18Br2N2OS2/c28-21-13-17(14-22(29)25(21)32)16-30-20-11-12-23-24(15-20)33-27(31-23)34-26(18-7-3-1-4-8-18)19-9-5-2-6-10-19/h1-16,26,32H. The van der Waals surface area contributed by atoms with Crippen LogP contribution in [0.25, 0.3) is 10.2 Å². The van der Waals surface area contributed by atoms with Gasteiger partial charge >= 0.3 is 0 Å². The molecule has 0 radical (unpaired) electrons. The largest absolute Gasteiger partial charge is 0.506 e. The van der Waals surface area contributed by atoms with Crippen LogP contribution in [0.3, 0.4) is 0 Å². The second kappa shape index (κ2) is 10.4. The highest BCUT2D eigenvalue weighted by molar-refractivity contribution is 9.11. The predicted octanol–water partition coefficient (Wildman–Crippen LogP) is 9.16. The van der Waals surface area contributed by atoms with E-state index in [1.165, 1.54) is 11.1 Å². The van der Waals surface area contributed by atoms with Gasteiger partial charge in [0.05, 0.1) is 30.1 Å². The quantitative estimate of drug-likeness (QED) is 0.154. The molecular weight excluding hydrogens is 592 g/mol. The molecular formula is C27H18Br2N2OS2. The number of aromatic hydroxyl groups is 1. The summed E-state index contributed by atoms with van der Waals surface area (Å²) >= 11 is 10.2. The first-order valence-corrected chi connectivity index (χ1v) is 13.7. The molecule has 1 N–H and O–H groups in total. The van der Waals surface area contributed by atoms with Gasteiger partial charge in [-0.3, -0.25) is 4.99 Å². The zero-order valence-electron chi connectivity index (χ0n) is 17.7. The number of hydrogen-bond donors (Lipinski definition) is 1. The Morgan fingerprint density at radius 1 is 0.853 bits per heavy atom. The lowest BCUT2D eigenvalue weighted by molar-refractivity contribution is 0.468. The topological polar surface area (TPSA) is 45.5 Å². The number of halogens is 2. The Hall–Kier alpha value is -2.45. The molecule has 168 valence electrons. The molecule has 3 nitrogen and oxygen atoms in total. The number of hydrogen-bond acceptors (Lipinski definition) is 5. The maximum absolute atomic E-state index is 9.90. The van der Waals surface area contributed by atoms with E-state index in [1.807, 2.05) is 36.4 Å². The summed E-state index contributed by atoms with van der Waals surface area (Å²) < 4.78 is 3.37. The molecule has 0 spiro atoms. The number of fused-ring (bicyclic) bond motifs is 1. The zero-order chi connectivity index (χ0) is 23.5. The Morgan fingerprint density at radius 3 is 2.09 bits per heavy atom. The predicted molar refractivity (Wildman–Crippen MR) is 151 cm³/mol. The van der Waals surface area contributed by atoms with Gasteiger partial charge in [-0.2, -0.15) is 0 Å². The van der Waals surface area contributed by atoms with E-state index in [1.54, 1.807) is 29.3 Å². The highest BCUT2D eigenvalue weighted by Crippen LogP contribution is 2.43. The molecule has 0 unspecified atom stereocenters. The summed E-state index contributed by atoms with van der Waals surface area (Å²) in [7, 11) is 0.